The van der Waals surface area contributed by atoms with E-state index in [1.54, 1.807) is 0 Å². The van der Waals surface area contributed by atoms with Gasteiger partial charge >= 0.3 is 0 Å². The fraction of sp³-hybridized carbons (Fsp3) is 0.800. The van der Waals surface area contributed by atoms with E-state index in [0.29, 0.717) is 6.04 Å². The largest absolute Gasteiger partial charge is 0.271 e. The van der Waals surface area contributed by atoms with E-state index in [4.69, 9.17) is 5.84 Å². The highest BCUT2D eigenvalue weighted by molar-refractivity contribution is 4.98. The molecule has 0 radical (unpaired) electrons. The molecule has 2 nitrogen and oxygen atoms in total. The minimum absolute atomic E-state index is 0.478. The lowest BCUT2D eigenvalue weighted by molar-refractivity contribution is 0.228. The molecule has 2 heteroatoms. The Morgan fingerprint density at radius 2 is 2.33 bits per heavy atom. The van der Waals surface area contributed by atoms with Crippen molar-refractivity contribution in [2.45, 2.75) is 45.1 Å². The Kier molecular flexibility index (Phi) is 3.76. The zero-order valence-electron chi connectivity index (χ0n) is 7.97. The number of hydrogen-bond donors (Lipinski definition) is 2. The summed E-state index contributed by atoms with van der Waals surface area (Å²) in [5.74, 6) is 6.30. The summed E-state index contributed by atoms with van der Waals surface area (Å²) in [6.45, 7) is 6.16. The maximum Gasteiger partial charge on any atom is 0.0275 e. The van der Waals surface area contributed by atoms with Gasteiger partial charge < -0.3 is 0 Å². The summed E-state index contributed by atoms with van der Waals surface area (Å²) in [7, 11) is 0. The van der Waals surface area contributed by atoms with Crippen LogP contribution < -0.4 is 11.3 Å². The highest BCUT2D eigenvalue weighted by atomic mass is 15.2. The monoisotopic (exact) mass is 168 g/mol. The lowest BCUT2D eigenvalue weighted by atomic mass is 9.78. The first-order valence-electron chi connectivity index (χ1n) is 4.90. The zero-order valence-corrected chi connectivity index (χ0v) is 7.97. The second-order valence-electron chi connectivity index (χ2n) is 3.77. The summed E-state index contributed by atoms with van der Waals surface area (Å²) >= 11 is 0. The third-order valence-electron chi connectivity index (χ3n) is 2.94. The van der Waals surface area contributed by atoms with Crippen LogP contribution in [-0.4, -0.2) is 6.04 Å². The van der Waals surface area contributed by atoms with Gasteiger partial charge in [-0.2, -0.15) is 0 Å². The highest BCUT2D eigenvalue weighted by Crippen LogP contribution is 2.31. The molecule has 1 aliphatic carbocycles. The molecule has 0 heterocycles. The molecule has 70 valence electrons. The van der Waals surface area contributed by atoms with E-state index in [0.717, 1.165) is 18.8 Å². The molecule has 1 atom stereocenters. The van der Waals surface area contributed by atoms with E-state index >= 15 is 0 Å². The predicted octanol–water partition coefficient (Wildman–Crippen LogP) is 1.97. The number of nitrogens with one attached hydrogen (secondary N) is 1. The molecule has 1 fully saturated rings. The van der Waals surface area contributed by atoms with Crippen LogP contribution >= 0.6 is 0 Å². The Balaban J connectivity index is 2.29. The molecular weight excluding hydrogens is 148 g/mol. The Bertz CT molecular complexity index is 150. The Morgan fingerprint density at radius 3 is 2.67 bits per heavy atom. The molecule has 0 aromatic rings. The minimum atomic E-state index is 0.478. The molecule has 1 unspecified atom stereocenters. The summed E-state index contributed by atoms with van der Waals surface area (Å²) in [6, 6.07) is 0.478. The van der Waals surface area contributed by atoms with E-state index in [1.165, 1.54) is 24.8 Å². The van der Waals surface area contributed by atoms with E-state index in [2.05, 4.69) is 18.9 Å². The van der Waals surface area contributed by atoms with Crippen molar-refractivity contribution in [2.75, 3.05) is 0 Å². The average molecular weight is 168 g/mol. The van der Waals surface area contributed by atoms with E-state index in [9.17, 15) is 0 Å². The quantitative estimate of drug-likeness (QED) is 0.374. The Labute approximate surface area is 75.2 Å². The van der Waals surface area contributed by atoms with Gasteiger partial charge in [0.05, 0.1) is 0 Å². The van der Waals surface area contributed by atoms with Gasteiger partial charge in [-0.25, -0.2) is 0 Å². The molecule has 0 spiro atoms. The number of hydrogen-bond acceptors (Lipinski definition) is 2. The predicted molar refractivity (Wildman–Crippen MR) is 52.5 cm³/mol. The van der Waals surface area contributed by atoms with Crippen LogP contribution in [0.4, 0.5) is 0 Å². The van der Waals surface area contributed by atoms with Crippen LogP contribution in [0.2, 0.25) is 0 Å². The molecule has 0 aliphatic heterocycles. The first-order valence-corrected chi connectivity index (χ1v) is 4.90. The van der Waals surface area contributed by atoms with Crippen molar-refractivity contribution in [2.24, 2.45) is 11.8 Å². The van der Waals surface area contributed by atoms with Crippen LogP contribution in [0.5, 0.6) is 0 Å². The fourth-order valence-electron chi connectivity index (χ4n) is 1.66. The SMILES string of the molecule is C=C(CC)CC(NN)C1CCC1. The van der Waals surface area contributed by atoms with Gasteiger partial charge in [-0.15, -0.1) is 0 Å². The van der Waals surface area contributed by atoms with Crippen LogP contribution in [0.1, 0.15) is 39.0 Å². The smallest absolute Gasteiger partial charge is 0.0275 e. The van der Waals surface area contributed by atoms with Crippen LogP contribution in [0.15, 0.2) is 12.2 Å². The van der Waals surface area contributed by atoms with Crippen molar-refractivity contribution in [3.8, 4) is 0 Å². The molecule has 0 aromatic heterocycles. The van der Waals surface area contributed by atoms with Gasteiger partial charge in [-0.3, -0.25) is 11.3 Å². The lowest BCUT2D eigenvalue weighted by Crippen LogP contribution is -2.43. The molecule has 0 aromatic carbocycles. The minimum Gasteiger partial charge on any atom is -0.271 e. The van der Waals surface area contributed by atoms with Gasteiger partial charge in [-0.05, 0) is 31.6 Å². The standard InChI is InChI=1S/C10H20N2/c1-3-8(2)7-10(12-11)9-5-4-6-9/h9-10,12H,2-7,11H2,1H3. The lowest BCUT2D eigenvalue weighted by Gasteiger charge is -2.33. The molecule has 0 amide bonds. The first kappa shape index (κ1) is 9.75. The summed E-state index contributed by atoms with van der Waals surface area (Å²) in [5, 5.41) is 0. The van der Waals surface area contributed by atoms with Crippen molar-refractivity contribution in [3.05, 3.63) is 12.2 Å². The second-order valence-corrected chi connectivity index (χ2v) is 3.77. The summed E-state index contributed by atoms with van der Waals surface area (Å²) in [6.07, 6.45) is 6.18. The summed E-state index contributed by atoms with van der Waals surface area (Å²) < 4.78 is 0. The van der Waals surface area contributed by atoms with Crippen molar-refractivity contribution >= 4 is 0 Å². The highest BCUT2D eigenvalue weighted by Gasteiger charge is 2.26. The van der Waals surface area contributed by atoms with Gasteiger partial charge in [0.2, 0.25) is 0 Å². The molecular formula is C10H20N2. The maximum atomic E-state index is 5.50. The molecule has 0 bridgehead atoms. The summed E-state index contributed by atoms with van der Waals surface area (Å²) in [5.41, 5.74) is 4.22. The van der Waals surface area contributed by atoms with Gasteiger partial charge in [0, 0.05) is 6.04 Å². The molecule has 1 saturated carbocycles. The summed E-state index contributed by atoms with van der Waals surface area (Å²) in [4.78, 5) is 0. The molecule has 1 rings (SSSR count). The molecule has 12 heavy (non-hydrogen) atoms. The first-order chi connectivity index (χ1) is 5.77. The Hall–Kier alpha value is -0.340. The zero-order chi connectivity index (χ0) is 8.97. The van der Waals surface area contributed by atoms with Gasteiger partial charge in [-0.1, -0.05) is 25.5 Å². The van der Waals surface area contributed by atoms with E-state index in [1.807, 2.05) is 0 Å². The normalized spacial score (nSPS) is 20.2. The van der Waals surface area contributed by atoms with Crippen molar-refractivity contribution in [1.29, 1.82) is 0 Å². The second kappa shape index (κ2) is 4.63. The van der Waals surface area contributed by atoms with Gasteiger partial charge in [0.15, 0.2) is 0 Å². The van der Waals surface area contributed by atoms with Crippen LogP contribution in [0.3, 0.4) is 0 Å². The van der Waals surface area contributed by atoms with Crippen molar-refractivity contribution in [1.82, 2.24) is 5.43 Å². The average Bonchev–Trinajstić information content (AvgIpc) is 1.99. The van der Waals surface area contributed by atoms with Crippen molar-refractivity contribution < 1.29 is 0 Å². The van der Waals surface area contributed by atoms with E-state index < -0.39 is 0 Å². The number of nitrogens with two attached hydrogens (primary N) is 1. The van der Waals surface area contributed by atoms with Crippen molar-refractivity contribution in [3.63, 3.8) is 0 Å². The maximum absolute atomic E-state index is 5.50. The molecule has 1 aliphatic rings. The number of hydrazine groups is 1. The van der Waals surface area contributed by atoms with Gasteiger partial charge in [0.1, 0.15) is 0 Å². The number of rotatable bonds is 5. The van der Waals surface area contributed by atoms with Crippen LogP contribution in [-0.2, 0) is 0 Å². The third kappa shape index (κ3) is 2.32. The topological polar surface area (TPSA) is 38.0 Å². The van der Waals surface area contributed by atoms with Crippen LogP contribution in [0.25, 0.3) is 0 Å². The Morgan fingerprint density at radius 1 is 1.67 bits per heavy atom. The fourth-order valence-corrected chi connectivity index (χ4v) is 1.66. The molecule has 3 N–H and O–H groups in total. The van der Waals surface area contributed by atoms with Gasteiger partial charge in [0.25, 0.3) is 0 Å². The van der Waals surface area contributed by atoms with E-state index in [-0.39, 0.29) is 0 Å². The molecule has 0 saturated heterocycles. The van der Waals surface area contributed by atoms with Crippen LogP contribution in [0, 0.1) is 5.92 Å². The third-order valence-corrected chi connectivity index (χ3v) is 2.94.